The lowest BCUT2D eigenvalue weighted by atomic mass is 10.1. The van der Waals surface area contributed by atoms with E-state index >= 15 is 0 Å². The van der Waals surface area contributed by atoms with Crippen LogP contribution >= 0.6 is 0 Å². The standard InChI is InChI=1S/C21H21N3O2/c1-15-11-17-6-2-3-7-19(17)24(15)14-20-18(8-10-26-20)21(25)23-13-16-5-4-9-22-12-16/h2-10,12,15H,11,13-14H2,1H3,(H,23,25). The van der Waals surface area contributed by atoms with Gasteiger partial charge in [0, 0.05) is 30.7 Å². The first-order chi connectivity index (χ1) is 12.7. The maximum absolute atomic E-state index is 12.6. The maximum Gasteiger partial charge on any atom is 0.255 e. The zero-order valence-corrected chi connectivity index (χ0v) is 14.7. The summed E-state index contributed by atoms with van der Waals surface area (Å²) in [6.07, 6.45) is 6.06. The van der Waals surface area contributed by atoms with Crippen LogP contribution in [-0.4, -0.2) is 16.9 Å². The molecule has 0 radical (unpaired) electrons. The number of aromatic nitrogens is 1. The molecule has 3 heterocycles. The van der Waals surface area contributed by atoms with E-state index in [1.165, 1.54) is 11.3 Å². The van der Waals surface area contributed by atoms with Crippen LogP contribution < -0.4 is 10.2 Å². The second kappa shape index (κ2) is 7.04. The number of anilines is 1. The highest BCUT2D eigenvalue weighted by Gasteiger charge is 2.27. The van der Waals surface area contributed by atoms with Crippen molar-refractivity contribution in [3.63, 3.8) is 0 Å². The Labute approximate surface area is 152 Å². The number of benzene rings is 1. The molecule has 4 rings (SSSR count). The predicted octanol–water partition coefficient (Wildman–Crippen LogP) is 3.56. The van der Waals surface area contributed by atoms with Crippen LogP contribution in [0.2, 0.25) is 0 Å². The van der Waals surface area contributed by atoms with Gasteiger partial charge in [0.05, 0.1) is 18.4 Å². The first kappa shape index (κ1) is 16.4. The molecule has 1 atom stereocenters. The summed E-state index contributed by atoms with van der Waals surface area (Å²) in [5.41, 5.74) is 4.12. The summed E-state index contributed by atoms with van der Waals surface area (Å²) >= 11 is 0. The van der Waals surface area contributed by atoms with Crippen LogP contribution in [0, 0.1) is 0 Å². The quantitative estimate of drug-likeness (QED) is 0.767. The third-order valence-corrected chi connectivity index (χ3v) is 4.83. The number of hydrogen-bond donors (Lipinski definition) is 1. The summed E-state index contributed by atoms with van der Waals surface area (Å²) in [5, 5.41) is 2.94. The average molecular weight is 347 g/mol. The van der Waals surface area contributed by atoms with Gasteiger partial charge in [-0.2, -0.15) is 0 Å². The number of para-hydroxylation sites is 1. The van der Waals surface area contributed by atoms with E-state index in [9.17, 15) is 4.79 Å². The van der Waals surface area contributed by atoms with Crippen LogP contribution in [0.4, 0.5) is 5.69 Å². The summed E-state index contributed by atoms with van der Waals surface area (Å²) < 4.78 is 5.65. The number of carbonyl (C=O) groups is 1. The van der Waals surface area contributed by atoms with E-state index in [0.717, 1.165) is 12.0 Å². The van der Waals surface area contributed by atoms with E-state index in [0.29, 0.717) is 30.5 Å². The molecule has 5 heteroatoms. The number of amides is 1. The molecule has 1 aromatic carbocycles. The number of hydrogen-bond acceptors (Lipinski definition) is 4. The zero-order valence-electron chi connectivity index (χ0n) is 14.7. The van der Waals surface area contributed by atoms with Gasteiger partial charge >= 0.3 is 0 Å². The number of pyridine rings is 1. The third-order valence-electron chi connectivity index (χ3n) is 4.83. The molecule has 26 heavy (non-hydrogen) atoms. The highest BCUT2D eigenvalue weighted by atomic mass is 16.3. The Morgan fingerprint density at radius 1 is 1.27 bits per heavy atom. The lowest BCUT2D eigenvalue weighted by molar-refractivity contribution is 0.0949. The van der Waals surface area contributed by atoms with Gasteiger partial charge in [-0.1, -0.05) is 24.3 Å². The summed E-state index contributed by atoms with van der Waals surface area (Å²) in [6, 6.07) is 14.3. The lowest BCUT2D eigenvalue weighted by Gasteiger charge is -2.24. The monoisotopic (exact) mass is 347 g/mol. The molecule has 1 unspecified atom stereocenters. The van der Waals surface area contributed by atoms with Crippen molar-refractivity contribution in [1.29, 1.82) is 0 Å². The van der Waals surface area contributed by atoms with Crippen LogP contribution in [0.15, 0.2) is 65.5 Å². The molecular formula is C21H21N3O2. The normalized spacial score (nSPS) is 15.7. The van der Waals surface area contributed by atoms with Crippen molar-refractivity contribution >= 4 is 11.6 Å². The maximum atomic E-state index is 12.6. The first-order valence-corrected chi connectivity index (χ1v) is 8.80. The third kappa shape index (κ3) is 3.20. The van der Waals surface area contributed by atoms with Gasteiger partial charge in [0.25, 0.3) is 5.91 Å². The van der Waals surface area contributed by atoms with E-state index in [2.05, 4.69) is 40.3 Å². The van der Waals surface area contributed by atoms with Crippen molar-refractivity contribution < 1.29 is 9.21 Å². The number of rotatable bonds is 5. The zero-order chi connectivity index (χ0) is 17.9. The number of nitrogens with zero attached hydrogens (tertiary/aromatic N) is 2. The van der Waals surface area contributed by atoms with Gasteiger partial charge in [-0.15, -0.1) is 0 Å². The Morgan fingerprint density at radius 2 is 2.15 bits per heavy atom. The number of carbonyl (C=O) groups excluding carboxylic acids is 1. The molecule has 5 nitrogen and oxygen atoms in total. The molecule has 0 aliphatic carbocycles. The van der Waals surface area contributed by atoms with Crippen molar-refractivity contribution in [1.82, 2.24) is 10.3 Å². The van der Waals surface area contributed by atoms with E-state index in [4.69, 9.17) is 4.42 Å². The molecule has 0 spiro atoms. The van der Waals surface area contributed by atoms with Crippen molar-refractivity contribution in [2.45, 2.75) is 32.5 Å². The predicted molar refractivity (Wildman–Crippen MR) is 99.9 cm³/mol. The molecule has 3 aromatic rings. The fourth-order valence-electron chi connectivity index (χ4n) is 3.47. The van der Waals surface area contributed by atoms with Crippen molar-refractivity contribution in [3.05, 3.63) is 83.6 Å². The summed E-state index contributed by atoms with van der Waals surface area (Å²) in [5.74, 6) is 0.565. The Morgan fingerprint density at radius 3 is 3.00 bits per heavy atom. The van der Waals surface area contributed by atoms with Gasteiger partial charge in [0.15, 0.2) is 0 Å². The van der Waals surface area contributed by atoms with Gasteiger partial charge in [0.2, 0.25) is 0 Å². The Hall–Kier alpha value is -3.08. The number of nitrogens with one attached hydrogen (secondary N) is 1. The average Bonchev–Trinajstić information content (AvgIpc) is 3.26. The minimum absolute atomic E-state index is 0.127. The van der Waals surface area contributed by atoms with Gasteiger partial charge in [-0.25, -0.2) is 0 Å². The SMILES string of the molecule is CC1Cc2ccccc2N1Cc1occc1C(=O)NCc1cccnc1. The highest BCUT2D eigenvalue weighted by molar-refractivity contribution is 5.95. The molecule has 0 saturated heterocycles. The molecule has 0 fully saturated rings. The summed E-state index contributed by atoms with van der Waals surface area (Å²) in [7, 11) is 0. The smallest absolute Gasteiger partial charge is 0.255 e. The van der Waals surface area contributed by atoms with Crippen molar-refractivity contribution in [2.24, 2.45) is 0 Å². The fraction of sp³-hybridized carbons (Fsp3) is 0.238. The summed E-state index contributed by atoms with van der Waals surface area (Å²) in [6.45, 7) is 3.23. The van der Waals surface area contributed by atoms with E-state index in [1.54, 1.807) is 24.7 Å². The molecule has 1 aliphatic heterocycles. The number of furan rings is 1. The van der Waals surface area contributed by atoms with Gasteiger partial charge in [-0.05, 0) is 42.7 Å². The van der Waals surface area contributed by atoms with Crippen LogP contribution in [0.1, 0.15) is 34.2 Å². The largest absolute Gasteiger partial charge is 0.467 e. The summed E-state index contributed by atoms with van der Waals surface area (Å²) in [4.78, 5) is 19.0. The van der Waals surface area contributed by atoms with E-state index in [1.807, 2.05) is 18.2 Å². The Bertz CT molecular complexity index is 904. The van der Waals surface area contributed by atoms with Gasteiger partial charge < -0.3 is 14.6 Å². The minimum Gasteiger partial charge on any atom is -0.467 e. The second-order valence-corrected chi connectivity index (χ2v) is 6.61. The lowest BCUT2D eigenvalue weighted by Crippen LogP contribution is -2.30. The van der Waals surface area contributed by atoms with Crippen molar-refractivity contribution in [3.8, 4) is 0 Å². The Balaban J connectivity index is 1.48. The number of fused-ring (bicyclic) bond motifs is 1. The first-order valence-electron chi connectivity index (χ1n) is 8.80. The second-order valence-electron chi connectivity index (χ2n) is 6.61. The van der Waals surface area contributed by atoms with E-state index in [-0.39, 0.29) is 5.91 Å². The molecular weight excluding hydrogens is 326 g/mol. The molecule has 0 bridgehead atoms. The Kier molecular flexibility index (Phi) is 4.44. The van der Waals surface area contributed by atoms with Gasteiger partial charge in [0.1, 0.15) is 5.76 Å². The minimum atomic E-state index is -0.127. The van der Waals surface area contributed by atoms with E-state index < -0.39 is 0 Å². The molecule has 2 aromatic heterocycles. The topological polar surface area (TPSA) is 58.4 Å². The van der Waals surface area contributed by atoms with Crippen LogP contribution in [0.25, 0.3) is 0 Å². The highest BCUT2D eigenvalue weighted by Crippen LogP contribution is 2.33. The van der Waals surface area contributed by atoms with Crippen molar-refractivity contribution in [2.75, 3.05) is 4.90 Å². The molecule has 1 amide bonds. The molecule has 132 valence electrons. The van der Waals surface area contributed by atoms with Crippen LogP contribution in [0.5, 0.6) is 0 Å². The molecule has 1 aliphatic rings. The van der Waals surface area contributed by atoms with Crippen LogP contribution in [0.3, 0.4) is 0 Å². The molecule has 1 N–H and O–H groups in total. The molecule has 0 saturated carbocycles. The van der Waals surface area contributed by atoms with Gasteiger partial charge in [-0.3, -0.25) is 9.78 Å². The van der Waals surface area contributed by atoms with Crippen LogP contribution in [-0.2, 0) is 19.5 Å². The fourth-order valence-corrected chi connectivity index (χ4v) is 3.47.